The molecule has 8 heteroatoms. The van der Waals surface area contributed by atoms with Gasteiger partial charge in [-0.2, -0.15) is 4.31 Å². The first-order valence-electron chi connectivity index (χ1n) is 9.06. The van der Waals surface area contributed by atoms with Crippen molar-refractivity contribution in [2.24, 2.45) is 0 Å². The summed E-state index contributed by atoms with van der Waals surface area (Å²) in [6, 6.07) is 4.90. The molecular weight excluding hydrogens is 374 g/mol. The van der Waals surface area contributed by atoms with Crippen LogP contribution in [0.4, 0.5) is 0 Å². The van der Waals surface area contributed by atoms with Gasteiger partial charge in [0, 0.05) is 31.7 Å². The summed E-state index contributed by atoms with van der Waals surface area (Å²) in [6.07, 6.45) is 3.90. The minimum absolute atomic E-state index is 0. The molecule has 26 heavy (non-hydrogen) atoms. The van der Waals surface area contributed by atoms with Gasteiger partial charge in [-0.1, -0.05) is 19.4 Å². The minimum atomic E-state index is -3.54. The predicted molar refractivity (Wildman–Crippen MR) is 107 cm³/mol. The molecule has 1 aliphatic rings. The number of piperidine rings is 1. The lowest BCUT2D eigenvalue weighted by Crippen LogP contribution is -2.36. The second-order valence-electron chi connectivity index (χ2n) is 6.45. The molecule has 0 saturated carbocycles. The van der Waals surface area contributed by atoms with Gasteiger partial charge in [-0.25, -0.2) is 8.42 Å². The van der Waals surface area contributed by atoms with Crippen LogP contribution in [0.3, 0.4) is 0 Å². The summed E-state index contributed by atoms with van der Waals surface area (Å²) >= 11 is 0. The van der Waals surface area contributed by atoms with E-state index in [4.69, 9.17) is 0 Å². The molecule has 0 aliphatic carbocycles. The number of sulfonamides is 1. The van der Waals surface area contributed by atoms with E-state index < -0.39 is 10.0 Å². The van der Waals surface area contributed by atoms with Crippen molar-refractivity contribution in [2.75, 3.05) is 32.7 Å². The Kier molecular flexibility index (Phi) is 9.57. The van der Waals surface area contributed by atoms with Gasteiger partial charge >= 0.3 is 0 Å². The van der Waals surface area contributed by atoms with Crippen LogP contribution in [0.25, 0.3) is 0 Å². The quantitative estimate of drug-likeness (QED) is 0.653. The third kappa shape index (κ3) is 5.94. The summed E-state index contributed by atoms with van der Waals surface area (Å²) in [6.45, 7) is 7.10. The van der Waals surface area contributed by atoms with E-state index in [0.717, 1.165) is 32.2 Å². The summed E-state index contributed by atoms with van der Waals surface area (Å²) in [5, 5.41) is 6.04. The zero-order valence-corrected chi connectivity index (χ0v) is 17.2. The highest BCUT2D eigenvalue weighted by Gasteiger charge is 2.28. The van der Waals surface area contributed by atoms with E-state index in [1.54, 1.807) is 19.1 Å². The number of amides is 1. The maximum absolute atomic E-state index is 12.9. The fourth-order valence-corrected chi connectivity index (χ4v) is 4.70. The van der Waals surface area contributed by atoms with Crippen LogP contribution in [0.2, 0.25) is 0 Å². The molecular formula is C18H30ClN3O3S. The maximum atomic E-state index is 12.9. The Morgan fingerprint density at radius 3 is 2.46 bits per heavy atom. The zero-order valence-electron chi connectivity index (χ0n) is 15.6. The lowest BCUT2D eigenvalue weighted by atomic mass is 10.1. The van der Waals surface area contributed by atoms with Crippen molar-refractivity contribution in [1.29, 1.82) is 0 Å². The van der Waals surface area contributed by atoms with E-state index >= 15 is 0 Å². The molecule has 1 fully saturated rings. The van der Waals surface area contributed by atoms with E-state index in [-0.39, 0.29) is 23.2 Å². The first-order valence-corrected chi connectivity index (χ1v) is 10.5. The monoisotopic (exact) mass is 403 g/mol. The molecule has 2 N–H and O–H groups in total. The van der Waals surface area contributed by atoms with E-state index in [1.807, 2.05) is 0 Å². The highest BCUT2D eigenvalue weighted by atomic mass is 35.5. The molecule has 2 rings (SSSR count). The zero-order chi connectivity index (χ0) is 18.3. The SMILES string of the molecule is CCCNCCNC(=O)c1ccc(C)c(S(=O)(=O)N2CCCCC2)c1.Cl. The van der Waals surface area contributed by atoms with E-state index in [0.29, 0.717) is 37.3 Å². The molecule has 1 amide bonds. The Morgan fingerprint density at radius 1 is 1.12 bits per heavy atom. The van der Waals surface area contributed by atoms with Crippen LogP contribution >= 0.6 is 12.4 Å². The average molecular weight is 404 g/mol. The summed E-state index contributed by atoms with van der Waals surface area (Å²) in [5.74, 6) is -0.242. The molecule has 1 aromatic rings. The van der Waals surface area contributed by atoms with Gasteiger partial charge in [0.1, 0.15) is 0 Å². The van der Waals surface area contributed by atoms with Gasteiger partial charge in [-0.15, -0.1) is 12.4 Å². The normalized spacial score (nSPS) is 15.3. The van der Waals surface area contributed by atoms with Crippen LogP contribution in [-0.2, 0) is 10.0 Å². The van der Waals surface area contributed by atoms with Crippen LogP contribution < -0.4 is 10.6 Å². The number of carbonyl (C=O) groups is 1. The second kappa shape index (κ2) is 10.9. The number of hydrogen-bond acceptors (Lipinski definition) is 4. The third-order valence-corrected chi connectivity index (χ3v) is 6.44. The summed E-state index contributed by atoms with van der Waals surface area (Å²) in [4.78, 5) is 12.5. The van der Waals surface area contributed by atoms with Crippen molar-refractivity contribution in [3.8, 4) is 0 Å². The second-order valence-corrected chi connectivity index (χ2v) is 8.36. The Balaban J connectivity index is 0.00000338. The number of aryl methyl sites for hydroxylation is 1. The average Bonchev–Trinajstić information content (AvgIpc) is 2.62. The molecule has 1 aromatic carbocycles. The van der Waals surface area contributed by atoms with Crippen molar-refractivity contribution in [1.82, 2.24) is 14.9 Å². The van der Waals surface area contributed by atoms with Crippen molar-refractivity contribution in [3.63, 3.8) is 0 Å². The highest BCUT2D eigenvalue weighted by molar-refractivity contribution is 7.89. The van der Waals surface area contributed by atoms with Crippen LogP contribution in [-0.4, -0.2) is 51.4 Å². The molecule has 148 valence electrons. The van der Waals surface area contributed by atoms with Crippen LogP contribution in [0, 0.1) is 6.92 Å². The Hall–Kier alpha value is -1.15. The van der Waals surface area contributed by atoms with Gasteiger partial charge in [-0.05, 0) is 50.4 Å². The number of benzene rings is 1. The molecule has 0 aromatic heterocycles. The first-order chi connectivity index (χ1) is 12.0. The van der Waals surface area contributed by atoms with Gasteiger partial charge in [0.05, 0.1) is 4.90 Å². The molecule has 1 saturated heterocycles. The Labute approximate surface area is 163 Å². The number of nitrogens with one attached hydrogen (secondary N) is 2. The molecule has 0 bridgehead atoms. The third-order valence-electron chi connectivity index (χ3n) is 4.40. The van der Waals surface area contributed by atoms with Gasteiger partial charge in [0.2, 0.25) is 10.0 Å². The molecule has 6 nitrogen and oxygen atoms in total. The van der Waals surface area contributed by atoms with Crippen LogP contribution in [0.15, 0.2) is 23.1 Å². The molecule has 0 atom stereocenters. The number of carbonyl (C=O) groups excluding carboxylic acids is 1. The van der Waals surface area contributed by atoms with Crippen molar-refractivity contribution >= 4 is 28.3 Å². The Morgan fingerprint density at radius 2 is 1.81 bits per heavy atom. The smallest absolute Gasteiger partial charge is 0.251 e. The van der Waals surface area contributed by atoms with Crippen LogP contribution in [0.1, 0.15) is 48.5 Å². The van der Waals surface area contributed by atoms with E-state index in [2.05, 4.69) is 17.6 Å². The van der Waals surface area contributed by atoms with E-state index in [9.17, 15) is 13.2 Å². The minimum Gasteiger partial charge on any atom is -0.351 e. The molecule has 0 spiro atoms. The summed E-state index contributed by atoms with van der Waals surface area (Å²) in [5.41, 5.74) is 1.06. The molecule has 0 unspecified atom stereocenters. The van der Waals surface area contributed by atoms with Gasteiger partial charge < -0.3 is 10.6 Å². The van der Waals surface area contributed by atoms with Crippen molar-refractivity contribution in [2.45, 2.75) is 44.4 Å². The standard InChI is InChI=1S/C18H29N3O3S.ClH/c1-3-9-19-10-11-20-18(22)16-8-7-15(2)17(14-16)25(23,24)21-12-5-4-6-13-21;/h7-8,14,19H,3-6,9-13H2,1-2H3,(H,20,22);1H. The van der Waals surface area contributed by atoms with Gasteiger partial charge in [0.25, 0.3) is 5.91 Å². The van der Waals surface area contributed by atoms with Gasteiger partial charge in [-0.3, -0.25) is 4.79 Å². The predicted octanol–water partition coefficient (Wildman–Crippen LogP) is 2.32. The van der Waals surface area contributed by atoms with Crippen molar-refractivity contribution in [3.05, 3.63) is 29.3 Å². The molecule has 0 radical (unpaired) electrons. The summed E-state index contributed by atoms with van der Waals surface area (Å²) in [7, 11) is -3.54. The largest absolute Gasteiger partial charge is 0.351 e. The number of rotatable bonds is 8. The van der Waals surface area contributed by atoms with Crippen molar-refractivity contribution < 1.29 is 13.2 Å². The molecule has 1 aliphatic heterocycles. The lowest BCUT2D eigenvalue weighted by Gasteiger charge is -2.26. The Bertz CT molecular complexity index is 689. The lowest BCUT2D eigenvalue weighted by molar-refractivity contribution is 0.0953. The highest BCUT2D eigenvalue weighted by Crippen LogP contribution is 2.24. The summed E-state index contributed by atoms with van der Waals surface area (Å²) < 4.78 is 27.3. The fraction of sp³-hybridized carbons (Fsp3) is 0.611. The van der Waals surface area contributed by atoms with E-state index in [1.165, 1.54) is 10.4 Å². The number of hydrogen-bond donors (Lipinski definition) is 2. The van der Waals surface area contributed by atoms with Gasteiger partial charge in [0.15, 0.2) is 0 Å². The van der Waals surface area contributed by atoms with Crippen LogP contribution in [0.5, 0.6) is 0 Å². The molecule has 1 heterocycles. The number of nitrogens with zero attached hydrogens (tertiary/aromatic N) is 1. The maximum Gasteiger partial charge on any atom is 0.251 e. The fourth-order valence-electron chi connectivity index (χ4n) is 2.93. The number of halogens is 1. The topological polar surface area (TPSA) is 78.5 Å². The first kappa shape index (κ1) is 22.9.